The van der Waals surface area contributed by atoms with Crippen molar-refractivity contribution < 1.29 is 22.1 Å². The Kier molecular flexibility index (Phi) is 4.02. The summed E-state index contributed by atoms with van der Waals surface area (Å²) in [7, 11) is 0. The molecular formula is C14H12BF4O-. The summed E-state index contributed by atoms with van der Waals surface area (Å²) >= 11 is 0. The maximum Gasteiger partial charge on any atom is 0.512 e. The summed E-state index contributed by atoms with van der Waals surface area (Å²) in [6.45, 7) is -3.26. The molecule has 20 heavy (non-hydrogen) atoms. The first-order chi connectivity index (χ1) is 9.38. The molecule has 0 aliphatic rings. The lowest BCUT2D eigenvalue weighted by atomic mass is 9.80. The van der Waals surface area contributed by atoms with Crippen LogP contribution in [0.1, 0.15) is 11.1 Å². The lowest BCUT2D eigenvalue weighted by Crippen LogP contribution is -2.36. The van der Waals surface area contributed by atoms with E-state index in [0.29, 0.717) is 6.07 Å². The van der Waals surface area contributed by atoms with Crippen LogP contribution in [0.25, 0.3) is 0 Å². The Labute approximate surface area is 114 Å². The van der Waals surface area contributed by atoms with Crippen LogP contribution < -0.4 is 10.2 Å². The number of rotatable bonds is 4. The summed E-state index contributed by atoms with van der Waals surface area (Å²) in [5.41, 5.74) is 0.675. The van der Waals surface area contributed by atoms with Crippen LogP contribution in [-0.2, 0) is 6.61 Å². The predicted molar refractivity (Wildman–Crippen MR) is 70.6 cm³/mol. The van der Waals surface area contributed by atoms with Crippen molar-refractivity contribution in [3.8, 4) is 5.75 Å². The summed E-state index contributed by atoms with van der Waals surface area (Å²) in [4.78, 5) is 0. The number of hydrogen-bond acceptors (Lipinski definition) is 1. The lowest BCUT2D eigenvalue weighted by Gasteiger charge is -2.16. The van der Waals surface area contributed by atoms with E-state index in [1.54, 1.807) is 0 Å². The van der Waals surface area contributed by atoms with E-state index in [0.717, 1.165) is 23.3 Å². The number of ether oxygens (including phenoxy) is 1. The quantitative estimate of drug-likeness (QED) is 0.613. The van der Waals surface area contributed by atoms with Crippen LogP contribution in [0.2, 0.25) is 0 Å². The van der Waals surface area contributed by atoms with Gasteiger partial charge in [-0.1, -0.05) is 35.8 Å². The van der Waals surface area contributed by atoms with Crippen LogP contribution in [0.15, 0.2) is 42.5 Å². The third-order valence-electron chi connectivity index (χ3n) is 2.98. The zero-order valence-electron chi connectivity index (χ0n) is 10.7. The van der Waals surface area contributed by atoms with Crippen molar-refractivity contribution in [3.05, 3.63) is 59.4 Å². The molecule has 0 saturated carbocycles. The molecule has 0 aliphatic carbocycles. The monoisotopic (exact) mass is 283 g/mol. The van der Waals surface area contributed by atoms with Crippen LogP contribution in [0.3, 0.4) is 0 Å². The van der Waals surface area contributed by atoms with Crippen molar-refractivity contribution >= 4 is 12.4 Å². The van der Waals surface area contributed by atoms with E-state index in [4.69, 9.17) is 4.74 Å². The molecule has 6 heteroatoms. The van der Waals surface area contributed by atoms with Gasteiger partial charge in [-0.2, -0.15) is 0 Å². The maximum atomic E-state index is 13.4. The maximum absolute atomic E-state index is 13.4. The second-order valence-electron chi connectivity index (χ2n) is 4.47. The molecule has 0 atom stereocenters. The average molecular weight is 283 g/mol. The Hall–Kier alpha value is -1.98. The van der Waals surface area contributed by atoms with Crippen molar-refractivity contribution in [2.45, 2.75) is 13.5 Å². The molecule has 0 N–H and O–H groups in total. The Morgan fingerprint density at radius 1 is 1.05 bits per heavy atom. The van der Waals surface area contributed by atoms with E-state index in [9.17, 15) is 17.3 Å². The summed E-state index contributed by atoms with van der Waals surface area (Å²) in [5.74, 6) is -1.23. The number of halogens is 4. The highest BCUT2D eigenvalue weighted by Crippen LogP contribution is 2.18. The van der Waals surface area contributed by atoms with Gasteiger partial charge in [0.25, 0.3) is 0 Å². The molecule has 0 heterocycles. The van der Waals surface area contributed by atoms with Crippen LogP contribution in [0.5, 0.6) is 5.75 Å². The van der Waals surface area contributed by atoms with E-state index in [1.165, 1.54) is 0 Å². The van der Waals surface area contributed by atoms with Gasteiger partial charge in [-0.25, -0.2) is 4.39 Å². The number of benzene rings is 2. The standard InChI is InChI=1S/C14H12BF4O/c1-10-4-2-3-5-11(10)9-20-12-6-7-13(14(16)8-12)15(17,18)19/h2-8H,9H2,1H3/q-1. The Morgan fingerprint density at radius 3 is 2.35 bits per heavy atom. The van der Waals surface area contributed by atoms with E-state index < -0.39 is 18.3 Å². The van der Waals surface area contributed by atoms with Crippen molar-refractivity contribution in [1.29, 1.82) is 0 Å². The summed E-state index contributed by atoms with van der Waals surface area (Å²) < 4.78 is 56.1. The Morgan fingerprint density at radius 2 is 1.75 bits per heavy atom. The molecule has 0 unspecified atom stereocenters. The van der Waals surface area contributed by atoms with Crippen molar-refractivity contribution in [3.63, 3.8) is 0 Å². The molecule has 106 valence electrons. The first-order valence-electron chi connectivity index (χ1n) is 6.04. The van der Waals surface area contributed by atoms with Gasteiger partial charge < -0.3 is 17.7 Å². The molecule has 0 amide bonds. The summed E-state index contributed by atoms with van der Waals surface area (Å²) in [6.07, 6.45) is 0. The number of hydrogen-bond donors (Lipinski definition) is 0. The van der Waals surface area contributed by atoms with Crippen molar-refractivity contribution in [2.24, 2.45) is 0 Å². The molecule has 0 spiro atoms. The van der Waals surface area contributed by atoms with Gasteiger partial charge in [0.05, 0.1) is 5.82 Å². The molecule has 0 fully saturated rings. The van der Waals surface area contributed by atoms with Crippen LogP contribution in [-0.4, -0.2) is 6.98 Å². The fourth-order valence-corrected chi connectivity index (χ4v) is 1.80. The molecule has 0 saturated heterocycles. The zero-order valence-corrected chi connectivity index (χ0v) is 10.7. The first-order valence-corrected chi connectivity index (χ1v) is 6.04. The molecule has 2 aromatic rings. The van der Waals surface area contributed by atoms with Gasteiger partial charge >= 0.3 is 6.98 Å². The minimum atomic E-state index is -5.34. The summed E-state index contributed by atoms with van der Waals surface area (Å²) in [5, 5.41) is 0. The SMILES string of the molecule is Cc1ccccc1COc1ccc([B-](F)(F)F)c(F)c1. The third-order valence-corrected chi connectivity index (χ3v) is 2.98. The fourth-order valence-electron chi connectivity index (χ4n) is 1.80. The molecule has 0 aromatic heterocycles. The largest absolute Gasteiger partial charge is 0.512 e. The first kappa shape index (κ1) is 14.4. The van der Waals surface area contributed by atoms with Gasteiger partial charge in [-0.3, -0.25) is 0 Å². The highest BCUT2D eigenvalue weighted by atomic mass is 19.4. The van der Waals surface area contributed by atoms with Gasteiger partial charge in [0, 0.05) is 6.07 Å². The van der Waals surface area contributed by atoms with Crippen LogP contribution >= 0.6 is 0 Å². The van der Waals surface area contributed by atoms with Crippen molar-refractivity contribution in [2.75, 3.05) is 0 Å². The number of aryl methyl sites for hydroxylation is 1. The lowest BCUT2D eigenvalue weighted by molar-refractivity contribution is 0.304. The molecular weight excluding hydrogens is 271 g/mol. The molecule has 0 aliphatic heterocycles. The average Bonchev–Trinajstić information content (AvgIpc) is 2.36. The molecule has 0 radical (unpaired) electrons. The molecule has 2 rings (SSSR count). The predicted octanol–water partition coefficient (Wildman–Crippen LogP) is 3.77. The second kappa shape index (κ2) is 5.57. The van der Waals surface area contributed by atoms with E-state index in [1.807, 2.05) is 31.2 Å². The zero-order chi connectivity index (χ0) is 14.8. The van der Waals surface area contributed by atoms with Crippen LogP contribution in [0, 0.1) is 12.7 Å². The van der Waals surface area contributed by atoms with E-state index >= 15 is 0 Å². The van der Waals surface area contributed by atoms with Gasteiger partial charge in [0.2, 0.25) is 0 Å². The molecule has 0 bridgehead atoms. The summed E-state index contributed by atoms with van der Waals surface area (Å²) in [6, 6.07) is 10.1. The van der Waals surface area contributed by atoms with Gasteiger partial charge in [0.15, 0.2) is 0 Å². The highest BCUT2D eigenvalue weighted by Gasteiger charge is 2.28. The second-order valence-corrected chi connectivity index (χ2v) is 4.47. The van der Waals surface area contributed by atoms with Crippen LogP contribution in [0.4, 0.5) is 17.3 Å². The Bertz CT molecular complexity index is 610. The smallest absolute Gasteiger partial charge is 0.489 e. The molecule has 2 aromatic carbocycles. The molecule has 1 nitrogen and oxygen atoms in total. The third kappa shape index (κ3) is 3.32. The van der Waals surface area contributed by atoms with Gasteiger partial charge in [-0.05, 0) is 24.1 Å². The van der Waals surface area contributed by atoms with Gasteiger partial charge in [0.1, 0.15) is 12.4 Å². The minimum Gasteiger partial charge on any atom is -0.489 e. The fraction of sp³-hybridized carbons (Fsp3) is 0.143. The highest BCUT2D eigenvalue weighted by molar-refractivity contribution is 6.73. The normalized spacial score (nSPS) is 11.4. The minimum absolute atomic E-state index is 0.0783. The topological polar surface area (TPSA) is 9.23 Å². The van der Waals surface area contributed by atoms with E-state index in [2.05, 4.69) is 0 Å². The Balaban J connectivity index is 2.12. The van der Waals surface area contributed by atoms with E-state index in [-0.39, 0.29) is 12.4 Å². The van der Waals surface area contributed by atoms with Crippen molar-refractivity contribution in [1.82, 2.24) is 0 Å². The van der Waals surface area contributed by atoms with Gasteiger partial charge in [-0.15, -0.1) is 0 Å².